The van der Waals surface area contributed by atoms with Crippen molar-refractivity contribution in [1.29, 1.82) is 0 Å². The van der Waals surface area contributed by atoms with Crippen LogP contribution in [0, 0.1) is 124 Å². The molecule has 0 aromatic carbocycles. The highest BCUT2D eigenvalue weighted by Crippen LogP contribution is 2.42. The van der Waals surface area contributed by atoms with Crippen molar-refractivity contribution in [2.45, 2.75) is 806 Å². The number of hydrogen-bond acceptors (Lipinski definition) is 0. The topological polar surface area (TPSA) is 0 Å². The second kappa shape index (κ2) is 123. The predicted octanol–water partition coefficient (Wildman–Crippen LogP) is 54.6. The molecule has 5 rings (SSSR count). The van der Waals surface area contributed by atoms with Gasteiger partial charge in [0.05, 0.1) is 0 Å². The van der Waals surface area contributed by atoms with E-state index in [4.69, 9.17) is 0 Å². The second-order valence-corrected chi connectivity index (χ2v) is 50.2. The van der Waals surface area contributed by atoms with E-state index in [1.54, 1.807) is 0 Å². The molecule has 0 heterocycles. The van der Waals surface area contributed by atoms with Crippen molar-refractivity contribution in [2.75, 3.05) is 0 Å². The smallest absolute Gasteiger partial charge is 0.0412 e. The van der Waals surface area contributed by atoms with E-state index in [0.29, 0.717) is 0 Å². The molecule has 0 aromatic rings. The average Bonchev–Trinajstić information content (AvgIpc) is 0.877. The van der Waals surface area contributed by atoms with E-state index in [2.05, 4.69) is 228 Å². The summed E-state index contributed by atoms with van der Waals surface area (Å²) < 4.78 is 0. The van der Waals surface area contributed by atoms with Crippen LogP contribution in [0.25, 0.3) is 0 Å². The Balaban J connectivity index is -0.000000364. The van der Waals surface area contributed by atoms with E-state index >= 15 is 0 Å². The van der Waals surface area contributed by atoms with Crippen molar-refractivity contribution in [1.82, 2.24) is 0 Å². The Labute approximate surface area is 924 Å². The summed E-state index contributed by atoms with van der Waals surface area (Å²) in [4.78, 5) is 0. The first kappa shape index (κ1) is 155. The Bertz CT molecular complexity index is 2020. The maximum Gasteiger partial charge on any atom is -0.0412 e. The van der Waals surface area contributed by atoms with E-state index in [9.17, 15) is 0 Å². The van der Waals surface area contributed by atoms with Crippen LogP contribution in [0.4, 0.5) is 0 Å². The molecule has 0 nitrogen and oxygen atoms in total. The van der Waals surface area contributed by atoms with Crippen LogP contribution in [-0.4, -0.2) is 0 Å². The van der Waals surface area contributed by atoms with Gasteiger partial charge in [-0.1, -0.05) is 736 Å². The van der Waals surface area contributed by atoms with Crippen LogP contribution in [0.5, 0.6) is 0 Å². The normalized spacial score (nSPS) is 22.4. The molecule has 144 heavy (non-hydrogen) atoms. The molecule has 0 spiro atoms. The first-order valence-corrected chi connectivity index (χ1v) is 70.1. The van der Waals surface area contributed by atoms with E-state index in [0.717, 1.165) is 124 Å². The van der Waals surface area contributed by atoms with Gasteiger partial charge in [0, 0.05) is 0 Å². The van der Waals surface area contributed by atoms with Crippen molar-refractivity contribution >= 4 is 0 Å². The summed E-state index contributed by atoms with van der Waals surface area (Å²) in [5, 5.41) is 0. The van der Waals surface area contributed by atoms with Crippen LogP contribution < -0.4 is 0 Å². The molecule has 5 saturated carbocycles. The van der Waals surface area contributed by atoms with Gasteiger partial charge in [0.2, 0.25) is 0 Å². The van der Waals surface area contributed by atoms with Gasteiger partial charge in [-0.3, -0.25) is 0 Å². The SMILES string of the molecule is CCC(CC)CCCC(CC)CC.CCC1CC(CC)CC(CC)C1.CCC1CC(CC)CC(CC)CC(CC)C1.CCC1CCCC(CC)CC(CC)C1.CCC1CCCC(CC)CCC1.CCC1CCCCCC(CC)C1.CCCCC(CC)CC(CC)CC.CCCCC(CCCC)CCCC.CCCCCCC(CC)CCCC.CCCCCCCCC(CC)CC.CCCCCCCCCCCCC. The highest BCUT2D eigenvalue weighted by Gasteiger charge is 2.29. The van der Waals surface area contributed by atoms with Crippen molar-refractivity contribution < 1.29 is 0 Å². The van der Waals surface area contributed by atoms with E-state index in [1.807, 2.05) is 0 Å². The highest BCUT2D eigenvalue weighted by atomic mass is 14.3. The third-order valence-electron chi connectivity index (χ3n) is 38.8. The van der Waals surface area contributed by atoms with Gasteiger partial charge in [-0.25, -0.2) is 0 Å². The Morgan fingerprint density at radius 3 is 0.500 bits per heavy atom. The van der Waals surface area contributed by atoms with E-state index < -0.39 is 0 Å². The molecule has 0 bridgehead atoms. The van der Waals surface area contributed by atoms with Gasteiger partial charge < -0.3 is 0 Å². The standard InChI is InChI=1S/C16H32.C14H28.6C13H28.3C12H24/c1-5-13-9-14(6-2)11-16(8-4)12-15(7-3)10-13;1-4-12-8-7-9-13(5-2)11-14(6-3)10-12;1-5-12(6-2)10-9-11-13(7-3)8-4;1-5-9-10-13(8-4)11-12(6-2)7-3;1-4-7-8-9-10-11-12-13(5-2)6-3;1-4-7-9-10-12-13(6-3)11-8-5-2;1-4-7-10-13(11-8-5-2)12-9-6-3;1-3-5-7-9-11-13-12-10-8-6-4-2;1-4-10-7-11(5-2)9-12(6-3)8-10;1-3-11-7-5-9-12(4-2)10-6-8-11;1-3-11-8-6-5-7-9-12(4-2)10-11/h13-16H,5-12H2,1-4H3;12-14H,4-11H2,1-3H3;2*12-13H,5-11H2,1-4H3;3*13H,4-12H2,1-3H3;3-13H2,1-2H3;10-12H,4-9H2,1-3H3;2*11-12H,3-10H2,1-2H3. The zero-order chi connectivity index (χ0) is 109. The summed E-state index contributed by atoms with van der Waals surface area (Å²) in [5.41, 5.74) is 0. The molecular formula is C144H300. The lowest BCUT2D eigenvalue weighted by Gasteiger charge is -2.33. The average molecular weight is 2030 g/mol. The first-order chi connectivity index (χ1) is 70.1. The van der Waals surface area contributed by atoms with Crippen molar-refractivity contribution in [3.8, 4) is 0 Å². The van der Waals surface area contributed by atoms with Gasteiger partial charge >= 0.3 is 0 Å². The number of rotatable bonds is 67. The van der Waals surface area contributed by atoms with Crippen LogP contribution in [0.1, 0.15) is 806 Å². The van der Waals surface area contributed by atoms with Gasteiger partial charge in [-0.15, -0.1) is 0 Å². The fourth-order valence-electron chi connectivity index (χ4n) is 26.0. The number of hydrogen-bond donors (Lipinski definition) is 0. The van der Waals surface area contributed by atoms with Gasteiger partial charge in [0.15, 0.2) is 0 Å². The second-order valence-electron chi connectivity index (χ2n) is 50.2. The molecule has 0 aliphatic heterocycles. The van der Waals surface area contributed by atoms with Crippen molar-refractivity contribution in [2.24, 2.45) is 124 Å². The number of unbranched alkanes of at least 4 members (excludes halogenated alkanes) is 23. The van der Waals surface area contributed by atoms with Crippen molar-refractivity contribution in [3.05, 3.63) is 0 Å². The zero-order valence-electron chi connectivity index (χ0n) is 109. The monoisotopic (exact) mass is 2030 g/mol. The molecule has 5 aliphatic rings. The highest BCUT2D eigenvalue weighted by molar-refractivity contribution is 4.81. The molecule has 0 radical (unpaired) electrons. The fourth-order valence-corrected chi connectivity index (χ4v) is 26.0. The minimum atomic E-state index is 0.988. The molecular weight excluding hydrogens is 1730 g/mol. The summed E-state index contributed by atoms with van der Waals surface area (Å²) in [5.74, 6) is 21.6. The molecule has 0 aromatic heterocycles. The van der Waals surface area contributed by atoms with Crippen molar-refractivity contribution in [3.63, 3.8) is 0 Å². The van der Waals surface area contributed by atoms with Gasteiger partial charge in [-0.05, 0) is 195 Å². The van der Waals surface area contributed by atoms with Gasteiger partial charge in [0.1, 0.15) is 0 Å². The Hall–Kier alpha value is 0. The molecule has 5 fully saturated rings. The van der Waals surface area contributed by atoms with Crippen LogP contribution in [-0.2, 0) is 0 Å². The molecule has 6 atom stereocenters. The quantitative estimate of drug-likeness (QED) is 0.0533. The summed E-state index contributed by atoms with van der Waals surface area (Å²) >= 11 is 0. The van der Waals surface area contributed by atoms with Crippen LogP contribution >= 0.6 is 0 Å². The third kappa shape index (κ3) is 100. The molecule has 0 heteroatoms. The Morgan fingerprint density at radius 1 is 0.118 bits per heavy atom. The lowest BCUT2D eigenvalue weighted by atomic mass is 9.72. The van der Waals surface area contributed by atoms with Gasteiger partial charge in [0.25, 0.3) is 0 Å². The molecule has 5 aliphatic carbocycles. The van der Waals surface area contributed by atoms with E-state index in [-0.39, 0.29) is 0 Å². The summed E-state index contributed by atoms with van der Waals surface area (Å²) in [6.45, 7) is 77.1. The van der Waals surface area contributed by atoms with Crippen LogP contribution in [0.3, 0.4) is 0 Å². The third-order valence-corrected chi connectivity index (χ3v) is 38.8. The summed E-state index contributed by atoms with van der Waals surface area (Å²) in [6, 6.07) is 0. The summed E-state index contributed by atoms with van der Waals surface area (Å²) in [6.07, 6.45) is 130. The largest absolute Gasteiger partial charge is 0.0654 e. The first-order valence-electron chi connectivity index (χ1n) is 70.1. The lowest BCUT2D eigenvalue weighted by molar-refractivity contribution is 0.183. The molecule has 0 saturated heterocycles. The van der Waals surface area contributed by atoms with E-state index in [1.165, 1.54) is 578 Å². The minimum Gasteiger partial charge on any atom is -0.0654 e. The molecule has 0 amide bonds. The summed E-state index contributed by atoms with van der Waals surface area (Å²) in [7, 11) is 0. The predicted molar refractivity (Wildman–Crippen MR) is 676 cm³/mol. The minimum absolute atomic E-state index is 0.988. The maximum absolute atomic E-state index is 2.39. The van der Waals surface area contributed by atoms with Crippen LogP contribution in [0.2, 0.25) is 0 Å². The zero-order valence-corrected chi connectivity index (χ0v) is 109. The molecule has 876 valence electrons. The molecule has 6 unspecified atom stereocenters. The maximum atomic E-state index is 2.39. The van der Waals surface area contributed by atoms with Gasteiger partial charge in [-0.2, -0.15) is 0 Å². The lowest BCUT2D eigenvalue weighted by Crippen LogP contribution is -2.21. The Kier molecular flexibility index (Phi) is 132. The fraction of sp³-hybridized carbons (Fsp3) is 1.00. The Morgan fingerprint density at radius 2 is 0.278 bits per heavy atom. The molecule has 0 N–H and O–H groups in total. The van der Waals surface area contributed by atoms with Crippen LogP contribution in [0.15, 0.2) is 0 Å².